The molecule has 5 heteroatoms. The minimum Gasteiger partial charge on any atom is -0.465 e. The van der Waals surface area contributed by atoms with Crippen LogP contribution in [0.5, 0.6) is 0 Å². The Kier molecular flexibility index (Phi) is 2.95. The number of hydrogen-bond acceptors (Lipinski definition) is 3. The topological polar surface area (TPSA) is 44.1 Å². The summed E-state index contributed by atoms with van der Waals surface area (Å²) in [6, 6.07) is 11.3. The van der Waals surface area contributed by atoms with Crippen molar-refractivity contribution in [2.75, 3.05) is 7.11 Å². The molecular formula is C15H11FN2O2. The van der Waals surface area contributed by atoms with Gasteiger partial charge in [0.2, 0.25) is 0 Å². The van der Waals surface area contributed by atoms with Crippen LogP contribution in [0, 0.1) is 5.82 Å². The van der Waals surface area contributed by atoms with Crippen LogP contribution in [0.3, 0.4) is 0 Å². The van der Waals surface area contributed by atoms with Crippen LogP contribution < -0.4 is 0 Å². The van der Waals surface area contributed by atoms with Gasteiger partial charge in [-0.25, -0.2) is 13.9 Å². The molecule has 3 aromatic rings. The first-order valence-corrected chi connectivity index (χ1v) is 6.01. The van der Waals surface area contributed by atoms with E-state index in [1.807, 2.05) is 0 Å². The fourth-order valence-corrected chi connectivity index (χ4v) is 2.09. The second-order valence-corrected chi connectivity index (χ2v) is 4.30. The molecule has 2 aromatic carbocycles. The molecule has 3 rings (SSSR count). The fraction of sp³-hybridized carbons (Fsp3) is 0.0667. The Labute approximate surface area is 114 Å². The third kappa shape index (κ3) is 2.03. The van der Waals surface area contributed by atoms with E-state index in [-0.39, 0.29) is 5.82 Å². The number of methoxy groups -OCH3 is 1. The zero-order valence-corrected chi connectivity index (χ0v) is 10.7. The molecule has 0 unspecified atom stereocenters. The number of rotatable bonds is 2. The SMILES string of the molecule is COC(=O)c1ccc2c(cnn2-c2cccc(F)c2)c1. The van der Waals surface area contributed by atoms with Gasteiger partial charge >= 0.3 is 5.97 Å². The van der Waals surface area contributed by atoms with Gasteiger partial charge in [-0.15, -0.1) is 0 Å². The molecule has 0 bridgehead atoms. The van der Waals surface area contributed by atoms with E-state index in [0.717, 1.165) is 10.9 Å². The Morgan fingerprint density at radius 1 is 1.25 bits per heavy atom. The minimum absolute atomic E-state index is 0.322. The Hall–Kier alpha value is -2.69. The largest absolute Gasteiger partial charge is 0.465 e. The lowest BCUT2D eigenvalue weighted by Crippen LogP contribution is -2.01. The zero-order chi connectivity index (χ0) is 14.1. The molecule has 0 radical (unpaired) electrons. The predicted octanol–water partition coefficient (Wildman–Crippen LogP) is 2.95. The van der Waals surface area contributed by atoms with E-state index in [1.54, 1.807) is 41.2 Å². The van der Waals surface area contributed by atoms with Crippen molar-refractivity contribution in [3.05, 3.63) is 60.0 Å². The number of fused-ring (bicyclic) bond motifs is 1. The van der Waals surface area contributed by atoms with E-state index >= 15 is 0 Å². The molecule has 0 saturated heterocycles. The van der Waals surface area contributed by atoms with Crippen molar-refractivity contribution in [3.63, 3.8) is 0 Å². The van der Waals surface area contributed by atoms with Gasteiger partial charge in [0.25, 0.3) is 0 Å². The summed E-state index contributed by atoms with van der Waals surface area (Å²) < 4.78 is 19.6. The summed E-state index contributed by atoms with van der Waals surface area (Å²) in [6.07, 6.45) is 1.63. The van der Waals surface area contributed by atoms with Gasteiger partial charge in [0.15, 0.2) is 0 Å². The smallest absolute Gasteiger partial charge is 0.337 e. The third-order valence-electron chi connectivity index (χ3n) is 3.04. The van der Waals surface area contributed by atoms with Crippen LogP contribution in [0.1, 0.15) is 10.4 Å². The second-order valence-electron chi connectivity index (χ2n) is 4.30. The fourth-order valence-electron chi connectivity index (χ4n) is 2.09. The lowest BCUT2D eigenvalue weighted by atomic mass is 10.1. The Bertz CT molecular complexity index is 795. The average molecular weight is 270 g/mol. The maximum absolute atomic E-state index is 13.3. The molecule has 0 aliphatic carbocycles. The molecule has 0 atom stereocenters. The van der Waals surface area contributed by atoms with Crippen molar-refractivity contribution in [1.82, 2.24) is 9.78 Å². The van der Waals surface area contributed by atoms with Gasteiger partial charge in [-0.3, -0.25) is 0 Å². The van der Waals surface area contributed by atoms with Crippen molar-refractivity contribution in [2.45, 2.75) is 0 Å². The van der Waals surface area contributed by atoms with Crippen LogP contribution in [-0.4, -0.2) is 22.9 Å². The lowest BCUT2D eigenvalue weighted by Gasteiger charge is -2.04. The zero-order valence-electron chi connectivity index (χ0n) is 10.7. The summed E-state index contributed by atoms with van der Waals surface area (Å²) in [5, 5.41) is 5.02. The number of ether oxygens (including phenoxy) is 1. The molecule has 0 fully saturated rings. The number of esters is 1. The number of hydrogen-bond donors (Lipinski definition) is 0. The van der Waals surface area contributed by atoms with Gasteiger partial charge in [-0.05, 0) is 36.4 Å². The molecule has 0 aliphatic rings. The summed E-state index contributed by atoms with van der Waals surface area (Å²) in [6.45, 7) is 0. The molecule has 1 aromatic heterocycles. The van der Waals surface area contributed by atoms with Gasteiger partial charge in [-0.1, -0.05) is 6.07 Å². The first-order chi connectivity index (χ1) is 9.69. The van der Waals surface area contributed by atoms with Crippen molar-refractivity contribution in [2.24, 2.45) is 0 Å². The van der Waals surface area contributed by atoms with Crippen molar-refractivity contribution < 1.29 is 13.9 Å². The first kappa shape index (κ1) is 12.3. The number of aromatic nitrogens is 2. The molecule has 4 nitrogen and oxygen atoms in total. The van der Waals surface area contributed by atoms with E-state index < -0.39 is 5.97 Å². The van der Waals surface area contributed by atoms with Gasteiger partial charge in [-0.2, -0.15) is 5.10 Å². The number of halogens is 1. The molecule has 1 heterocycles. The van der Waals surface area contributed by atoms with E-state index in [0.29, 0.717) is 11.3 Å². The highest BCUT2D eigenvalue weighted by molar-refractivity contribution is 5.94. The summed E-state index contributed by atoms with van der Waals surface area (Å²) in [4.78, 5) is 11.5. The van der Waals surface area contributed by atoms with E-state index in [1.165, 1.54) is 19.2 Å². The molecule has 0 N–H and O–H groups in total. The second kappa shape index (κ2) is 4.77. The minimum atomic E-state index is -0.398. The average Bonchev–Trinajstić information content (AvgIpc) is 2.89. The van der Waals surface area contributed by atoms with Gasteiger partial charge in [0.05, 0.1) is 30.1 Å². The molecule has 0 saturated carbocycles. The van der Waals surface area contributed by atoms with Crippen molar-refractivity contribution in [3.8, 4) is 5.69 Å². The van der Waals surface area contributed by atoms with E-state index in [9.17, 15) is 9.18 Å². The van der Waals surface area contributed by atoms with E-state index in [2.05, 4.69) is 9.84 Å². The maximum atomic E-state index is 13.3. The normalized spacial score (nSPS) is 10.7. The maximum Gasteiger partial charge on any atom is 0.337 e. The predicted molar refractivity (Wildman–Crippen MR) is 72.4 cm³/mol. The molecule has 20 heavy (non-hydrogen) atoms. The molecule has 0 spiro atoms. The molecule has 100 valence electrons. The van der Waals surface area contributed by atoms with Gasteiger partial charge < -0.3 is 4.74 Å². The highest BCUT2D eigenvalue weighted by atomic mass is 19.1. The van der Waals surface area contributed by atoms with Crippen LogP contribution in [-0.2, 0) is 4.74 Å². The highest BCUT2D eigenvalue weighted by Crippen LogP contribution is 2.20. The van der Waals surface area contributed by atoms with Crippen LogP contribution in [0.25, 0.3) is 16.6 Å². The van der Waals surface area contributed by atoms with Gasteiger partial charge in [0, 0.05) is 5.39 Å². The number of carbonyl (C=O) groups is 1. The first-order valence-electron chi connectivity index (χ1n) is 6.01. The van der Waals surface area contributed by atoms with Crippen LogP contribution in [0.2, 0.25) is 0 Å². The monoisotopic (exact) mass is 270 g/mol. The molecule has 0 amide bonds. The summed E-state index contributed by atoms with van der Waals surface area (Å²) in [7, 11) is 1.34. The third-order valence-corrected chi connectivity index (χ3v) is 3.04. The molecular weight excluding hydrogens is 259 g/mol. The quantitative estimate of drug-likeness (QED) is 0.672. The molecule has 0 aliphatic heterocycles. The van der Waals surface area contributed by atoms with Crippen molar-refractivity contribution >= 4 is 16.9 Å². The highest BCUT2D eigenvalue weighted by Gasteiger charge is 2.10. The Morgan fingerprint density at radius 2 is 2.10 bits per heavy atom. The van der Waals surface area contributed by atoms with Crippen LogP contribution in [0.4, 0.5) is 4.39 Å². The standard InChI is InChI=1S/C15H11FN2O2/c1-20-15(19)10-5-6-14-11(7-10)9-17-18(14)13-4-2-3-12(16)8-13/h2-9H,1H3. The number of benzene rings is 2. The summed E-state index contributed by atoms with van der Waals surface area (Å²) >= 11 is 0. The van der Waals surface area contributed by atoms with Crippen LogP contribution in [0.15, 0.2) is 48.7 Å². The van der Waals surface area contributed by atoms with Gasteiger partial charge in [0.1, 0.15) is 5.82 Å². The van der Waals surface area contributed by atoms with Crippen molar-refractivity contribution in [1.29, 1.82) is 0 Å². The number of nitrogens with zero attached hydrogens (tertiary/aromatic N) is 2. The lowest BCUT2D eigenvalue weighted by molar-refractivity contribution is 0.0601. The Balaban J connectivity index is 2.13. The number of carbonyl (C=O) groups excluding carboxylic acids is 1. The van der Waals surface area contributed by atoms with Crippen LogP contribution >= 0.6 is 0 Å². The summed E-state index contributed by atoms with van der Waals surface area (Å²) in [5.41, 5.74) is 1.88. The Morgan fingerprint density at radius 3 is 2.85 bits per heavy atom. The van der Waals surface area contributed by atoms with E-state index in [4.69, 9.17) is 0 Å². The summed E-state index contributed by atoms with van der Waals surface area (Å²) in [5.74, 6) is -0.720.